The molecular formula is C17H25NO2. The molecule has 1 aromatic carbocycles. The Balaban J connectivity index is 1.57. The summed E-state index contributed by atoms with van der Waals surface area (Å²) < 4.78 is 11.5. The van der Waals surface area contributed by atoms with Crippen molar-refractivity contribution < 1.29 is 9.47 Å². The molecule has 0 atom stereocenters. The van der Waals surface area contributed by atoms with Crippen LogP contribution in [0.25, 0.3) is 0 Å². The van der Waals surface area contributed by atoms with Gasteiger partial charge >= 0.3 is 0 Å². The van der Waals surface area contributed by atoms with Gasteiger partial charge in [-0.15, -0.1) is 0 Å². The molecule has 0 bridgehead atoms. The normalized spacial score (nSPS) is 21.5. The molecule has 1 N–H and O–H groups in total. The lowest BCUT2D eigenvalue weighted by Gasteiger charge is -2.22. The molecule has 3 nitrogen and oxygen atoms in total. The third-order valence-electron chi connectivity index (χ3n) is 4.26. The largest absolute Gasteiger partial charge is 0.487 e. The Morgan fingerprint density at radius 1 is 1.25 bits per heavy atom. The van der Waals surface area contributed by atoms with Gasteiger partial charge in [-0.25, -0.2) is 0 Å². The third kappa shape index (κ3) is 3.15. The van der Waals surface area contributed by atoms with Gasteiger partial charge in [-0.05, 0) is 44.7 Å². The number of para-hydroxylation sites is 1. The van der Waals surface area contributed by atoms with E-state index in [2.05, 4.69) is 37.4 Å². The average Bonchev–Trinajstić information content (AvgIpc) is 2.75. The minimum atomic E-state index is -0.0564. The fraction of sp³-hybridized carbons (Fsp3) is 0.647. The number of benzene rings is 1. The second-order valence-electron chi connectivity index (χ2n) is 6.63. The van der Waals surface area contributed by atoms with Gasteiger partial charge in [0.25, 0.3) is 0 Å². The Hall–Kier alpha value is -1.06. The number of ether oxygens (including phenoxy) is 2. The SMILES string of the molecule is CC1(C)Cc2cccc(CNCC3CCOCC3)c2O1. The summed E-state index contributed by atoms with van der Waals surface area (Å²) in [6, 6.07) is 6.51. The van der Waals surface area contributed by atoms with E-state index in [9.17, 15) is 0 Å². The van der Waals surface area contributed by atoms with Gasteiger partial charge in [0.05, 0.1) is 0 Å². The van der Waals surface area contributed by atoms with Gasteiger partial charge < -0.3 is 14.8 Å². The van der Waals surface area contributed by atoms with E-state index in [1.807, 2.05) is 0 Å². The van der Waals surface area contributed by atoms with Crippen molar-refractivity contribution >= 4 is 0 Å². The number of hydrogen-bond donors (Lipinski definition) is 1. The molecule has 110 valence electrons. The maximum atomic E-state index is 6.11. The smallest absolute Gasteiger partial charge is 0.127 e. The first-order valence-electron chi connectivity index (χ1n) is 7.72. The Morgan fingerprint density at radius 3 is 2.85 bits per heavy atom. The molecule has 0 radical (unpaired) electrons. The number of rotatable bonds is 4. The van der Waals surface area contributed by atoms with Gasteiger partial charge in [-0.1, -0.05) is 18.2 Å². The molecule has 0 aliphatic carbocycles. The molecule has 1 saturated heterocycles. The molecule has 20 heavy (non-hydrogen) atoms. The van der Waals surface area contributed by atoms with Crippen LogP contribution >= 0.6 is 0 Å². The number of fused-ring (bicyclic) bond motifs is 1. The highest BCUT2D eigenvalue weighted by Crippen LogP contribution is 2.37. The van der Waals surface area contributed by atoms with Crippen LogP contribution in [-0.2, 0) is 17.7 Å². The maximum absolute atomic E-state index is 6.11. The van der Waals surface area contributed by atoms with E-state index >= 15 is 0 Å². The van der Waals surface area contributed by atoms with Gasteiger partial charge in [-0.3, -0.25) is 0 Å². The molecule has 3 rings (SSSR count). The van der Waals surface area contributed by atoms with E-state index in [0.717, 1.165) is 44.4 Å². The quantitative estimate of drug-likeness (QED) is 0.916. The van der Waals surface area contributed by atoms with Crippen molar-refractivity contribution in [3.63, 3.8) is 0 Å². The summed E-state index contributed by atoms with van der Waals surface area (Å²) in [6.45, 7) is 8.14. The highest BCUT2D eigenvalue weighted by Gasteiger charge is 2.31. The van der Waals surface area contributed by atoms with Crippen molar-refractivity contribution in [1.82, 2.24) is 5.32 Å². The molecule has 0 spiro atoms. The highest BCUT2D eigenvalue weighted by molar-refractivity contribution is 5.45. The van der Waals surface area contributed by atoms with Crippen molar-refractivity contribution in [3.05, 3.63) is 29.3 Å². The van der Waals surface area contributed by atoms with E-state index in [-0.39, 0.29) is 5.60 Å². The molecule has 0 unspecified atom stereocenters. The first kappa shape index (κ1) is 13.9. The molecule has 3 heteroatoms. The lowest BCUT2D eigenvalue weighted by Crippen LogP contribution is -2.28. The summed E-state index contributed by atoms with van der Waals surface area (Å²) in [4.78, 5) is 0. The zero-order chi connectivity index (χ0) is 14.0. The molecule has 2 aliphatic rings. The summed E-state index contributed by atoms with van der Waals surface area (Å²) in [5.41, 5.74) is 2.58. The van der Waals surface area contributed by atoms with Gasteiger partial charge in [0.1, 0.15) is 11.4 Å². The van der Waals surface area contributed by atoms with E-state index in [1.165, 1.54) is 24.0 Å². The maximum Gasteiger partial charge on any atom is 0.127 e. The molecule has 0 saturated carbocycles. The Kier molecular flexibility index (Phi) is 3.99. The minimum absolute atomic E-state index is 0.0564. The van der Waals surface area contributed by atoms with Crippen LogP contribution in [0, 0.1) is 5.92 Å². The van der Waals surface area contributed by atoms with E-state index in [1.54, 1.807) is 0 Å². The number of nitrogens with one attached hydrogen (secondary N) is 1. The van der Waals surface area contributed by atoms with Crippen molar-refractivity contribution in [3.8, 4) is 5.75 Å². The van der Waals surface area contributed by atoms with Crippen LogP contribution in [0.3, 0.4) is 0 Å². The van der Waals surface area contributed by atoms with E-state index < -0.39 is 0 Å². The van der Waals surface area contributed by atoms with Crippen LogP contribution in [0.2, 0.25) is 0 Å². The van der Waals surface area contributed by atoms with Crippen molar-refractivity contribution in [2.75, 3.05) is 19.8 Å². The summed E-state index contributed by atoms with van der Waals surface area (Å²) >= 11 is 0. The summed E-state index contributed by atoms with van der Waals surface area (Å²) in [6.07, 6.45) is 3.38. The zero-order valence-corrected chi connectivity index (χ0v) is 12.6. The lowest BCUT2D eigenvalue weighted by atomic mass is 9.99. The fourth-order valence-electron chi connectivity index (χ4n) is 3.18. The van der Waals surface area contributed by atoms with Gasteiger partial charge in [0.2, 0.25) is 0 Å². The zero-order valence-electron chi connectivity index (χ0n) is 12.6. The lowest BCUT2D eigenvalue weighted by molar-refractivity contribution is 0.0662. The van der Waals surface area contributed by atoms with Crippen LogP contribution in [-0.4, -0.2) is 25.4 Å². The second kappa shape index (κ2) is 5.74. The van der Waals surface area contributed by atoms with E-state index in [4.69, 9.17) is 9.47 Å². The van der Waals surface area contributed by atoms with Gasteiger partial charge in [-0.2, -0.15) is 0 Å². The monoisotopic (exact) mass is 275 g/mol. The Bertz CT molecular complexity index is 464. The van der Waals surface area contributed by atoms with Crippen molar-refractivity contribution in [2.45, 2.75) is 45.3 Å². The van der Waals surface area contributed by atoms with Crippen LogP contribution in [0.1, 0.15) is 37.8 Å². The van der Waals surface area contributed by atoms with E-state index in [0.29, 0.717) is 0 Å². The predicted octanol–water partition coefficient (Wildman–Crippen LogP) is 2.92. The highest BCUT2D eigenvalue weighted by atomic mass is 16.5. The van der Waals surface area contributed by atoms with Gasteiger partial charge in [0, 0.05) is 31.7 Å². The molecule has 0 aromatic heterocycles. The summed E-state index contributed by atoms with van der Waals surface area (Å²) in [5.74, 6) is 1.87. The first-order chi connectivity index (χ1) is 9.64. The van der Waals surface area contributed by atoms with Crippen molar-refractivity contribution in [1.29, 1.82) is 0 Å². The topological polar surface area (TPSA) is 30.5 Å². The minimum Gasteiger partial charge on any atom is -0.487 e. The fourth-order valence-corrected chi connectivity index (χ4v) is 3.18. The average molecular weight is 275 g/mol. The molecular weight excluding hydrogens is 250 g/mol. The van der Waals surface area contributed by atoms with Crippen LogP contribution in [0.4, 0.5) is 0 Å². The molecule has 1 fully saturated rings. The third-order valence-corrected chi connectivity index (χ3v) is 4.26. The molecule has 2 heterocycles. The van der Waals surface area contributed by atoms with Crippen molar-refractivity contribution in [2.24, 2.45) is 5.92 Å². The summed E-state index contributed by atoms with van der Waals surface area (Å²) in [5, 5.41) is 3.59. The molecule has 2 aliphatic heterocycles. The Labute approximate surface area is 121 Å². The Morgan fingerprint density at radius 2 is 2.05 bits per heavy atom. The number of hydrogen-bond acceptors (Lipinski definition) is 3. The first-order valence-corrected chi connectivity index (χ1v) is 7.72. The van der Waals surface area contributed by atoms with Crippen LogP contribution < -0.4 is 10.1 Å². The summed E-state index contributed by atoms with van der Waals surface area (Å²) in [7, 11) is 0. The molecule has 0 amide bonds. The standard InChI is InChI=1S/C17H25NO2/c1-17(2)10-14-4-3-5-15(16(14)20-17)12-18-11-13-6-8-19-9-7-13/h3-5,13,18H,6-12H2,1-2H3. The second-order valence-corrected chi connectivity index (χ2v) is 6.63. The van der Waals surface area contributed by atoms with Crippen LogP contribution in [0.15, 0.2) is 18.2 Å². The molecule has 1 aromatic rings. The predicted molar refractivity (Wildman–Crippen MR) is 80.1 cm³/mol. The van der Waals surface area contributed by atoms with Crippen LogP contribution in [0.5, 0.6) is 5.75 Å². The van der Waals surface area contributed by atoms with Gasteiger partial charge in [0.15, 0.2) is 0 Å².